The van der Waals surface area contributed by atoms with Crippen molar-refractivity contribution < 1.29 is 9.53 Å². The first-order valence-electron chi connectivity index (χ1n) is 10.2. The minimum absolute atomic E-state index is 0.238. The molecular formula is C22H23N7O2. The van der Waals surface area contributed by atoms with E-state index >= 15 is 0 Å². The van der Waals surface area contributed by atoms with E-state index in [1.165, 1.54) is 0 Å². The molecule has 4 heterocycles. The van der Waals surface area contributed by atoms with Gasteiger partial charge in [-0.3, -0.25) is 15.1 Å². The lowest BCUT2D eigenvalue weighted by Gasteiger charge is -2.11. The Bertz CT molecular complexity index is 1270. The minimum Gasteiger partial charge on any atom is -0.476 e. The lowest BCUT2D eigenvalue weighted by molar-refractivity contribution is 0.102. The number of carbonyl (C=O) groups is 1. The maximum absolute atomic E-state index is 13.2. The van der Waals surface area contributed by atoms with Crippen molar-refractivity contribution in [1.29, 1.82) is 0 Å². The highest BCUT2D eigenvalue weighted by Gasteiger charge is 2.19. The van der Waals surface area contributed by atoms with E-state index < -0.39 is 0 Å². The number of nitrogens with zero attached hydrogens (tertiary/aromatic N) is 5. The zero-order valence-electron chi connectivity index (χ0n) is 17.4. The van der Waals surface area contributed by atoms with Gasteiger partial charge >= 0.3 is 0 Å². The van der Waals surface area contributed by atoms with Crippen molar-refractivity contribution in [2.45, 2.75) is 13.5 Å². The second-order valence-corrected chi connectivity index (χ2v) is 7.50. The predicted molar refractivity (Wildman–Crippen MR) is 117 cm³/mol. The minimum atomic E-state index is -0.238. The number of anilines is 1. The van der Waals surface area contributed by atoms with Crippen LogP contribution in [0.25, 0.3) is 22.3 Å². The van der Waals surface area contributed by atoms with Gasteiger partial charge in [-0.1, -0.05) is 12.1 Å². The topological polar surface area (TPSA) is 98.9 Å². The fourth-order valence-corrected chi connectivity index (χ4v) is 3.82. The molecule has 1 amide bonds. The molecule has 9 heteroatoms. The van der Waals surface area contributed by atoms with Crippen LogP contribution in [0.15, 0.2) is 42.6 Å². The Morgan fingerprint density at radius 2 is 2.00 bits per heavy atom. The number of benzene rings is 1. The number of imidazole rings is 1. The molecule has 2 N–H and O–H groups in total. The number of aryl methyl sites for hydroxylation is 2. The number of carbonyl (C=O) groups excluding carboxylic acids is 1. The number of amides is 1. The Morgan fingerprint density at radius 1 is 1.13 bits per heavy atom. The second kappa shape index (κ2) is 7.84. The SMILES string of the molecule is Cc1cc2cc(n1)-c1cnn(C)c1OCCNCCn1c(nc3ccccc31)NC2=O. The molecule has 0 aliphatic carbocycles. The van der Waals surface area contributed by atoms with E-state index in [0.717, 1.165) is 22.3 Å². The molecule has 1 aromatic carbocycles. The van der Waals surface area contributed by atoms with E-state index in [0.29, 0.717) is 49.3 Å². The molecule has 9 nitrogen and oxygen atoms in total. The average molecular weight is 417 g/mol. The van der Waals surface area contributed by atoms with E-state index in [1.807, 2.05) is 42.8 Å². The van der Waals surface area contributed by atoms with E-state index in [-0.39, 0.29) is 5.91 Å². The molecule has 0 atom stereocenters. The molecule has 0 saturated carbocycles. The maximum Gasteiger partial charge on any atom is 0.258 e. The van der Waals surface area contributed by atoms with Gasteiger partial charge in [0, 0.05) is 37.9 Å². The third-order valence-corrected chi connectivity index (χ3v) is 5.29. The lowest BCUT2D eigenvalue weighted by Crippen LogP contribution is -2.26. The highest BCUT2D eigenvalue weighted by molar-refractivity contribution is 6.04. The van der Waals surface area contributed by atoms with Crippen LogP contribution in [-0.4, -0.2) is 49.9 Å². The molecule has 0 radical (unpaired) electrons. The molecule has 5 rings (SSSR count). The van der Waals surface area contributed by atoms with E-state index in [9.17, 15) is 4.79 Å². The average Bonchev–Trinajstić information content (AvgIpc) is 3.29. The highest BCUT2D eigenvalue weighted by atomic mass is 16.5. The Kier molecular flexibility index (Phi) is 4.87. The summed E-state index contributed by atoms with van der Waals surface area (Å²) in [6.07, 6.45) is 1.71. The number of aromatic nitrogens is 5. The van der Waals surface area contributed by atoms with Crippen LogP contribution < -0.4 is 15.4 Å². The van der Waals surface area contributed by atoms with Crippen molar-refractivity contribution >= 4 is 22.9 Å². The van der Waals surface area contributed by atoms with Gasteiger partial charge in [0.25, 0.3) is 5.91 Å². The molecule has 158 valence electrons. The number of fused-ring (bicyclic) bond motifs is 7. The van der Waals surface area contributed by atoms with Crippen molar-refractivity contribution in [1.82, 2.24) is 29.6 Å². The highest BCUT2D eigenvalue weighted by Crippen LogP contribution is 2.29. The van der Waals surface area contributed by atoms with Gasteiger partial charge in [-0.2, -0.15) is 5.10 Å². The van der Waals surface area contributed by atoms with Gasteiger partial charge in [-0.05, 0) is 31.2 Å². The summed E-state index contributed by atoms with van der Waals surface area (Å²) in [7, 11) is 1.83. The maximum atomic E-state index is 13.2. The predicted octanol–water partition coefficient (Wildman–Crippen LogP) is 2.37. The number of rotatable bonds is 0. The number of pyridine rings is 1. The number of nitrogens with one attached hydrogen (secondary N) is 2. The van der Waals surface area contributed by atoms with Crippen LogP contribution in [0.3, 0.4) is 0 Å². The monoisotopic (exact) mass is 417 g/mol. The molecule has 1 aliphatic rings. The van der Waals surface area contributed by atoms with Crippen LogP contribution in [0.1, 0.15) is 16.1 Å². The smallest absolute Gasteiger partial charge is 0.258 e. The zero-order chi connectivity index (χ0) is 21.4. The van der Waals surface area contributed by atoms with Gasteiger partial charge in [0.15, 0.2) is 0 Å². The fourth-order valence-electron chi connectivity index (χ4n) is 3.82. The van der Waals surface area contributed by atoms with Crippen LogP contribution in [0.5, 0.6) is 5.88 Å². The van der Waals surface area contributed by atoms with Crippen molar-refractivity contribution in [3.05, 3.63) is 53.9 Å². The summed E-state index contributed by atoms with van der Waals surface area (Å²) in [5.74, 6) is 0.912. The van der Waals surface area contributed by atoms with Crippen LogP contribution >= 0.6 is 0 Å². The molecule has 0 fully saturated rings. The first-order valence-corrected chi connectivity index (χ1v) is 10.2. The molecule has 2 bridgehead atoms. The number of ether oxygens (including phenoxy) is 1. The molecule has 1 aliphatic heterocycles. The van der Waals surface area contributed by atoms with E-state index in [4.69, 9.17) is 4.74 Å². The van der Waals surface area contributed by atoms with Gasteiger partial charge in [0.2, 0.25) is 11.8 Å². The largest absolute Gasteiger partial charge is 0.476 e. The summed E-state index contributed by atoms with van der Waals surface area (Å²) in [6.45, 7) is 4.39. The summed E-state index contributed by atoms with van der Waals surface area (Å²) in [5.41, 5.74) is 4.45. The summed E-state index contributed by atoms with van der Waals surface area (Å²) in [6, 6.07) is 11.4. The Hall–Kier alpha value is -3.72. The van der Waals surface area contributed by atoms with Crippen LogP contribution in [0.2, 0.25) is 0 Å². The Balaban J connectivity index is 1.60. The summed E-state index contributed by atoms with van der Waals surface area (Å²) in [4.78, 5) is 22.4. The molecule has 3 aromatic heterocycles. The normalized spacial score (nSPS) is 14.7. The first kappa shape index (κ1) is 19.3. The molecule has 31 heavy (non-hydrogen) atoms. The van der Waals surface area contributed by atoms with Gasteiger partial charge in [-0.15, -0.1) is 0 Å². The number of hydrogen-bond acceptors (Lipinski definition) is 6. The summed E-state index contributed by atoms with van der Waals surface area (Å²) < 4.78 is 9.70. The third-order valence-electron chi connectivity index (χ3n) is 5.29. The zero-order valence-corrected chi connectivity index (χ0v) is 17.4. The van der Waals surface area contributed by atoms with Crippen LogP contribution in [0.4, 0.5) is 5.95 Å². The molecule has 0 unspecified atom stereocenters. The first-order chi connectivity index (χ1) is 15.1. The second-order valence-electron chi connectivity index (χ2n) is 7.50. The van der Waals surface area contributed by atoms with Crippen molar-refractivity contribution in [2.75, 3.05) is 25.0 Å². The fraction of sp³-hybridized carbons (Fsp3) is 0.273. The van der Waals surface area contributed by atoms with Crippen LogP contribution in [-0.2, 0) is 13.6 Å². The standard InChI is InChI=1S/C22H23N7O2/c1-14-11-15-12-18(25-14)16-13-24-28(2)21(16)31-10-8-23-7-9-29-19-6-4-3-5-17(19)26-22(29)27-20(15)30/h3-6,11-13,23H,7-10H2,1-2H3,(H,26,27,30). The number of para-hydroxylation sites is 2. The van der Waals surface area contributed by atoms with Crippen molar-refractivity contribution in [2.24, 2.45) is 7.05 Å². The molecule has 0 saturated heterocycles. The molecule has 4 aromatic rings. The van der Waals surface area contributed by atoms with Gasteiger partial charge in [0.05, 0.1) is 28.5 Å². The lowest BCUT2D eigenvalue weighted by atomic mass is 10.1. The third kappa shape index (κ3) is 3.64. The van der Waals surface area contributed by atoms with Crippen molar-refractivity contribution in [3.8, 4) is 17.1 Å². The van der Waals surface area contributed by atoms with Gasteiger partial charge < -0.3 is 14.6 Å². The Labute approximate surface area is 179 Å². The molecule has 0 spiro atoms. The van der Waals surface area contributed by atoms with E-state index in [1.54, 1.807) is 23.0 Å². The quantitative estimate of drug-likeness (QED) is 0.456. The summed E-state index contributed by atoms with van der Waals surface area (Å²) in [5, 5.41) is 10.7. The van der Waals surface area contributed by atoms with Gasteiger partial charge in [-0.25, -0.2) is 9.67 Å². The number of hydrogen-bond donors (Lipinski definition) is 2. The Morgan fingerprint density at radius 3 is 2.90 bits per heavy atom. The van der Waals surface area contributed by atoms with Crippen LogP contribution in [0, 0.1) is 6.92 Å². The van der Waals surface area contributed by atoms with E-state index in [2.05, 4.69) is 25.7 Å². The molecular weight excluding hydrogens is 394 g/mol. The van der Waals surface area contributed by atoms with Crippen molar-refractivity contribution in [3.63, 3.8) is 0 Å². The van der Waals surface area contributed by atoms with Gasteiger partial charge in [0.1, 0.15) is 6.61 Å². The summed E-state index contributed by atoms with van der Waals surface area (Å²) >= 11 is 0.